The number of nitrogens with zero attached hydrogens (tertiary/aromatic N) is 2. The molecule has 0 aliphatic carbocycles. The zero-order valence-electron chi connectivity index (χ0n) is 24.5. The van der Waals surface area contributed by atoms with Crippen molar-refractivity contribution in [2.45, 2.75) is 30.9 Å². The van der Waals surface area contributed by atoms with Gasteiger partial charge in [0.05, 0.1) is 36.0 Å². The molecule has 0 radical (unpaired) electrons. The second-order valence-corrected chi connectivity index (χ2v) is 13.7. The predicted octanol–water partition coefficient (Wildman–Crippen LogP) is 3.18. The predicted molar refractivity (Wildman–Crippen MR) is 169 cm³/mol. The molecule has 1 spiro atoms. The van der Waals surface area contributed by atoms with Crippen molar-refractivity contribution in [2.24, 2.45) is 0 Å². The number of rotatable bonds is 9. The molecule has 3 aromatic carbocycles. The minimum absolute atomic E-state index is 0.164. The fraction of sp³-hybridized carbons (Fsp3) is 0.303. The molecule has 1 fully saturated rings. The van der Waals surface area contributed by atoms with Crippen LogP contribution in [0.5, 0.6) is 0 Å². The third-order valence-corrected chi connectivity index (χ3v) is 10.3. The zero-order valence-corrected chi connectivity index (χ0v) is 25.3. The molecular weight excluding hydrogens is 578 g/mol. The van der Waals surface area contributed by atoms with Gasteiger partial charge in [-0.05, 0) is 43.6 Å². The van der Waals surface area contributed by atoms with Gasteiger partial charge in [0.1, 0.15) is 12.6 Å². The summed E-state index contributed by atoms with van der Waals surface area (Å²) in [6.07, 6.45) is 4.23. The second kappa shape index (κ2) is 12.1. The first-order valence-corrected chi connectivity index (χ1v) is 16.5. The lowest BCUT2D eigenvalue weighted by atomic mass is 9.75. The van der Waals surface area contributed by atoms with Crippen molar-refractivity contribution in [3.8, 4) is 0 Å². The lowest BCUT2D eigenvalue weighted by molar-refractivity contribution is -0.127. The number of quaternary nitrogens is 1. The number of carbonyl (C=O) groups excluding carboxylic acids is 2. The highest BCUT2D eigenvalue weighted by Crippen LogP contribution is 2.50. The standard InChI is InChI=1S/C33H35N5O5S/c1-44(41,42)38(23-33(16-19-34-20-17-33)27-14-5-6-15-29(27)38)37-32(40)28(22-43-21-24-9-3-2-4-10-24)36-31(39)26-13-7-11-25-12-8-18-35-30(25)26/h2-15,18,28,34H,16-17,19-23H2,1H3,(H-,36,37,39,40)/p+1. The van der Waals surface area contributed by atoms with E-state index in [1.165, 1.54) is 0 Å². The van der Waals surface area contributed by atoms with Gasteiger partial charge in [0, 0.05) is 23.2 Å². The molecule has 2 unspecified atom stereocenters. The van der Waals surface area contributed by atoms with Crippen LogP contribution in [0.2, 0.25) is 0 Å². The number of benzene rings is 3. The molecule has 0 saturated carbocycles. The van der Waals surface area contributed by atoms with Crippen molar-refractivity contribution in [2.75, 3.05) is 32.5 Å². The van der Waals surface area contributed by atoms with Crippen molar-refractivity contribution in [1.29, 1.82) is 0 Å². The van der Waals surface area contributed by atoms with E-state index in [9.17, 15) is 18.0 Å². The third-order valence-electron chi connectivity index (χ3n) is 8.70. The SMILES string of the molecule is CS(=O)(=O)[N+]1(NC(=O)C(COCc2ccccc2)NC(=O)c2cccc3cccnc23)CC2(CCNCC2)c2ccccc21. The van der Waals surface area contributed by atoms with Gasteiger partial charge in [0.25, 0.3) is 11.8 Å². The van der Waals surface area contributed by atoms with Crippen LogP contribution in [0.25, 0.3) is 10.9 Å². The molecule has 6 rings (SSSR count). The molecule has 4 aromatic rings. The molecule has 0 bridgehead atoms. The van der Waals surface area contributed by atoms with Gasteiger partial charge < -0.3 is 15.4 Å². The Morgan fingerprint density at radius 2 is 1.70 bits per heavy atom. The van der Waals surface area contributed by atoms with Crippen LogP contribution in [-0.4, -0.2) is 63.8 Å². The largest absolute Gasteiger partial charge is 0.374 e. The van der Waals surface area contributed by atoms with E-state index >= 15 is 0 Å². The van der Waals surface area contributed by atoms with Crippen LogP contribution in [0.3, 0.4) is 0 Å². The quantitative estimate of drug-likeness (QED) is 0.247. The lowest BCUT2D eigenvalue weighted by Gasteiger charge is -2.36. The van der Waals surface area contributed by atoms with Crippen LogP contribution in [-0.2, 0) is 31.6 Å². The Kier molecular flexibility index (Phi) is 8.21. The maximum absolute atomic E-state index is 14.2. The van der Waals surface area contributed by atoms with Crippen LogP contribution in [0, 0.1) is 0 Å². The summed E-state index contributed by atoms with van der Waals surface area (Å²) in [5.74, 6) is -1.17. The summed E-state index contributed by atoms with van der Waals surface area (Å²) in [4.78, 5) is 32.2. The monoisotopic (exact) mass is 614 g/mol. The van der Waals surface area contributed by atoms with Crippen LogP contribution in [0.1, 0.15) is 34.3 Å². The number of amides is 2. The fourth-order valence-electron chi connectivity index (χ4n) is 6.48. The molecule has 11 heteroatoms. The average Bonchev–Trinajstić information content (AvgIpc) is 3.30. The first kappa shape index (κ1) is 29.9. The number of pyridine rings is 1. The van der Waals surface area contributed by atoms with Gasteiger partial charge in [-0.2, -0.15) is 13.8 Å². The zero-order chi connectivity index (χ0) is 30.8. The minimum atomic E-state index is -3.93. The van der Waals surface area contributed by atoms with Gasteiger partial charge in [-0.15, -0.1) is 0 Å². The molecular formula is C33H36N5O5S+. The number of nitrogens with one attached hydrogen (secondary N) is 3. The number of hydrogen-bond donors (Lipinski definition) is 3. The first-order valence-electron chi connectivity index (χ1n) is 14.7. The molecule has 10 nitrogen and oxygen atoms in total. The number of carbonyl (C=O) groups is 2. The van der Waals surface area contributed by atoms with Gasteiger partial charge in [-0.3, -0.25) is 14.6 Å². The van der Waals surface area contributed by atoms with Crippen molar-refractivity contribution in [1.82, 2.24) is 25.0 Å². The van der Waals surface area contributed by atoms with E-state index in [1.807, 2.05) is 54.6 Å². The van der Waals surface area contributed by atoms with Crippen LogP contribution in [0.4, 0.5) is 5.69 Å². The Bertz CT molecular complexity index is 1790. The van der Waals surface area contributed by atoms with E-state index in [-0.39, 0.29) is 19.8 Å². The number of aromatic nitrogens is 1. The molecule has 44 heavy (non-hydrogen) atoms. The van der Waals surface area contributed by atoms with Gasteiger partial charge >= 0.3 is 10.0 Å². The molecule has 228 valence electrons. The van der Waals surface area contributed by atoms with E-state index in [2.05, 4.69) is 21.0 Å². The summed E-state index contributed by atoms with van der Waals surface area (Å²) >= 11 is 0. The van der Waals surface area contributed by atoms with Gasteiger partial charge in [0.15, 0.2) is 5.69 Å². The summed E-state index contributed by atoms with van der Waals surface area (Å²) in [5.41, 5.74) is 5.61. The summed E-state index contributed by atoms with van der Waals surface area (Å²) < 4.78 is 32.6. The summed E-state index contributed by atoms with van der Waals surface area (Å²) in [6, 6.07) is 24.6. The highest BCUT2D eigenvalue weighted by Gasteiger charge is 2.60. The van der Waals surface area contributed by atoms with Crippen molar-refractivity contribution >= 4 is 38.4 Å². The maximum atomic E-state index is 14.2. The number of para-hydroxylation sites is 2. The van der Waals surface area contributed by atoms with Crippen LogP contribution in [0.15, 0.2) is 91.1 Å². The highest BCUT2D eigenvalue weighted by molar-refractivity contribution is 7.90. The average molecular weight is 615 g/mol. The Morgan fingerprint density at radius 3 is 2.48 bits per heavy atom. The van der Waals surface area contributed by atoms with Crippen LogP contribution < -0.4 is 20.1 Å². The van der Waals surface area contributed by atoms with E-state index in [0.717, 1.165) is 48.7 Å². The maximum Gasteiger partial charge on any atom is 0.321 e. The van der Waals surface area contributed by atoms with E-state index in [4.69, 9.17) is 4.74 Å². The molecule has 2 amide bonds. The molecule has 3 N–H and O–H groups in total. The number of hydrogen-bond acceptors (Lipinski definition) is 7. The number of piperidine rings is 1. The Labute approximate surface area is 257 Å². The molecule has 1 saturated heterocycles. The van der Waals surface area contributed by atoms with Crippen molar-refractivity contribution < 1.29 is 22.7 Å². The van der Waals surface area contributed by atoms with Gasteiger partial charge in [-0.25, -0.2) is 0 Å². The number of ether oxygens (including phenoxy) is 1. The van der Waals surface area contributed by atoms with Crippen LogP contribution >= 0.6 is 0 Å². The van der Waals surface area contributed by atoms with Gasteiger partial charge in [0.2, 0.25) is 0 Å². The summed E-state index contributed by atoms with van der Waals surface area (Å²) in [6.45, 7) is 1.69. The van der Waals surface area contributed by atoms with E-state index < -0.39 is 37.3 Å². The normalized spacial score (nSPS) is 19.8. The Morgan fingerprint density at radius 1 is 0.977 bits per heavy atom. The number of fused-ring (bicyclic) bond motifs is 3. The van der Waals surface area contributed by atoms with Crippen molar-refractivity contribution in [3.05, 3.63) is 108 Å². The Balaban J connectivity index is 1.33. The summed E-state index contributed by atoms with van der Waals surface area (Å²) in [7, 11) is -3.93. The highest BCUT2D eigenvalue weighted by atomic mass is 32.2. The van der Waals surface area contributed by atoms with E-state index in [0.29, 0.717) is 16.8 Å². The minimum Gasteiger partial charge on any atom is -0.374 e. The third kappa shape index (κ3) is 5.59. The Hall–Kier alpha value is -4.16. The molecule has 2 aliphatic heterocycles. The van der Waals surface area contributed by atoms with Crippen molar-refractivity contribution in [3.63, 3.8) is 0 Å². The molecule has 2 aliphatic rings. The fourth-order valence-corrected chi connectivity index (χ4v) is 7.73. The topological polar surface area (TPSA) is 126 Å². The second-order valence-electron chi connectivity index (χ2n) is 11.6. The smallest absolute Gasteiger partial charge is 0.321 e. The van der Waals surface area contributed by atoms with E-state index in [1.54, 1.807) is 36.5 Å². The first-order chi connectivity index (χ1) is 21.2. The lowest BCUT2D eigenvalue weighted by Crippen LogP contribution is -2.68. The summed E-state index contributed by atoms with van der Waals surface area (Å²) in [5, 5.41) is 6.97. The molecule has 2 atom stereocenters. The molecule has 3 heterocycles. The molecule has 1 aromatic heterocycles. The number of sulfonamides is 1. The van der Waals surface area contributed by atoms with Gasteiger partial charge in [-0.1, -0.05) is 70.7 Å².